The first-order valence-corrected chi connectivity index (χ1v) is 11.2. The summed E-state index contributed by atoms with van der Waals surface area (Å²) in [5.41, 5.74) is 4.84. The van der Waals surface area contributed by atoms with Crippen molar-refractivity contribution >= 4 is 27.5 Å². The predicted molar refractivity (Wildman–Crippen MR) is 113 cm³/mol. The molecule has 10 heteroatoms. The summed E-state index contributed by atoms with van der Waals surface area (Å²) in [5.74, 6) is -2.34. The number of nitrogens with one attached hydrogen (secondary N) is 1. The minimum atomic E-state index is -3.96. The zero-order valence-electron chi connectivity index (χ0n) is 17.2. The Kier molecular flexibility index (Phi) is 6.61. The number of carbonyl (C=O) groups is 2. The number of nitrogens with zero attached hydrogens (tertiary/aromatic N) is 1. The molecule has 0 spiro atoms. The third kappa shape index (κ3) is 4.70. The molecule has 0 bridgehead atoms. The molecule has 2 amide bonds. The third-order valence-corrected chi connectivity index (χ3v) is 6.81. The summed E-state index contributed by atoms with van der Waals surface area (Å²) >= 11 is 0. The number of nitrogens with two attached hydrogens (primary N) is 1. The molecule has 3 rings (SSSR count). The van der Waals surface area contributed by atoms with Gasteiger partial charge in [-0.3, -0.25) is 9.59 Å². The predicted octanol–water partition coefficient (Wildman–Crippen LogP) is 2.43. The third-order valence-electron chi connectivity index (χ3n) is 5.27. The fourth-order valence-electron chi connectivity index (χ4n) is 3.70. The highest BCUT2D eigenvalue weighted by Gasteiger charge is 2.28. The highest BCUT2D eigenvalue weighted by molar-refractivity contribution is 7.89. The molecule has 0 radical (unpaired) electrons. The lowest BCUT2D eigenvalue weighted by Gasteiger charge is -2.21. The number of rotatable bonds is 7. The molecule has 1 aliphatic carbocycles. The van der Waals surface area contributed by atoms with Gasteiger partial charge in [-0.25, -0.2) is 17.5 Å². The van der Waals surface area contributed by atoms with Crippen molar-refractivity contribution in [1.82, 2.24) is 4.72 Å². The minimum absolute atomic E-state index is 0.0197. The molecule has 0 atom stereocenters. The number of amides is 2. The number of benzene rings is 2. The topological polar surface area (TPSA) is 119 Å². The normalized spacial score (nSPS) is 14.4. The van der Waals surface area contributed by atoms with E-state index in [0.717, 1.165) is 36.6 Å². The number of carbonyl (C=O) groups excluding carboxylic acids is 2. The number of primary amides is 1. The zero-order valence-corrected chi connectivity index (χ0v) is 18.0. The Morgan fingerprint density at radius 3 is 2.48 bits per heavy atom. The summed E-state index contributed by atoms with van der Waals surface area (Å²) in [6.45, 7) is 0. The van der Waals surface area contributed by atoms with Crippen molar-refractivity contribution in [1.29, 1.82) is 0 Å². The van der Waals surface area contributed by atoms with Crippen LogP contribution in [0.3, 0.4) is 0 Å². The molecule has 1 aliphatic rings. The zero-order chi connectivity index (χ0) is 22.8. The van der Waals surface area contributed by atoms with E-state index < -0.39 is 27.7 Å². The molecule has 1 fully saturated rings. The van der Waals surface area contributed by atoms with E-state index >= 15 is 0 Å². The van der Waals surface area contributed by atoms with Gasteiger partial charge in [0, 0.05) is 18.7 Å². The SMILES string of the molecule is COc1ccc(C(=O)N(C)c2c(F)cccc2C(N)=O)cc1S(=O)(=O)NC1CCCC1. The maximum absolute atomic E-state index is 14.4. The number of ether oxygens (including phenoxy) is 1. The lowest BCUT2D eigenvalue weighted by Crippen LogP contribution is -2.33. The van der Waals surface area contributed by atoms with E-state index in [1.165, 1.54) is 44.5 Å². The number of para-hydroxylation sites is 1. The molecule has 8 nitrogen and oxygen atoms in total. The van der Waals surface area contributed by atoms with Crippen molar-refractivity contribution in [3.8, 4) is 5.75 Å². The van der Waals surface area contributed by atoms with E-state index in [1.54, 1.807) is 0 Å². The smallest absolute Gasteiger partial charge is 0.258 e. The van der Waals surface area contributed by atoms with Crippen molar-refractivity contribution in [3.05, 3.63) is 53.3 Å². The number of anilines is 1. The molecule has 0 aromatic heterocycles. The Morgan fingerprint density at radius 1 is 1.19 bits per heavy atom. The lowest BCUT2D eigenvalue weighted by molar-refractivity contribution is 0.0991. The average Bonchev–Trinajstić information content (AvgIpc) is 3.24. The quantitative estimate of drug-likeness (QED) is 0.673. The van der Waals surface area contributed by atoms with Gasteiger partial charge in [0.2, 0.25) is 10.0 Å². The Labute approximate surface area is 180 Å². The van der Waals surface area contributed by atoms with Crippen LogP contribution in [-0.4, -0.2) is 40.4 Å². The summed E-state index contributed by atoms with van der Waals surface area (Å²) < 4.78 is 48.1. The van der Waals surface area contributed by atoms with E-state index in [-0.39, 0.29) is 33.5 Å². The molecule has 0 heterocycles. The maximum atomic E-state index is 14.4. The second kappa shape index (κ2) is 9.03. The van der Waals surface area contributed by atoms with Gasteiger partial charge in [0.05, 0.1) is 18.4 Å². The Hall–Kier alpha value is -2.98. The van der Waals surface area contributed by atoms with E-state index in [1.807, 2.05) is 0 Å². The molecule has 166 valence electrons. The summed E-state index contributed by atoms with van der Waals surface area (Å²) in [6.07, 6.45) is 3.37. The van der Waals surface area contributed by atoms with Crippen LogP contribution in [0.5, 0.6) is 5.75 Å². The summed E-state index contributed by atoms with van der Waals surface area (Å²) in [7, 11) is -1.35. The second-order valence-corrected chi connectivity index (χ2v) is 9.02. The number of methoxy groups -OCH3 is 1. The monoisotopic (exact) mass is 449 g/mol. The van der Waals surface area contributed by atoms with Crippen LogP contribution in [0.4, 0.5) is 10.1 Å². The molecule has 2 aromatic carbocycles. The number of hydrogen-bond acceptors (Lipinski definition) is 5. The first-order chi connectivity index (χ1) is 14.7. The first kappa shape index (κ1) is 22.7. The van der Waals surface area contributed by atoms with Crippen LogP contribution >= 0.6 is 0 Å². The molecule has 0 aliphatic heterocycles. The van der Waals surface area contributed by atoms with Crippen LogP contribution in [0.2, 0.25) is 0 Å². The van der Waals surface area contributed by atoms with Crippen LogP contribution in [-0.2, 0) is 10.0 Å². The molecular formula is C21H24FN3O5S. The average molecular weight is 450 g/mol. The molecule has 31 heavy (non-hydrogen) atoms. The van der Waals surface area contributed by atoms with E-state index in [0.29, 0.717) is 0 Å². The molecule has 0 unspecified atom stereocenters. The van der Waals surface area contributed by atoms with Gasteiger partial charge < -0.3 is 15.4 Å². The highest BCUT2D eigenvalue weighted by Crippen LogP contribution is 2.29. The Balaban J connectivity index is 1.99. The standard InChI is InChI=1S/C21H24FN3O5S/c1-25(19-15(20(23)26)8-5-9-16(19)22)21(27)13-10-11-17(30-2)18(12-13)31(28,29)24-14-6-3-4-7-14/h5,8-12,14,24H,3-4,6-7H2,1-2H3,(H2,23,26). The summed E-state index contributed by atoms with van der Waals surface area (Å²) in [4.78, 5) is 25.5. The van der Waals surface area contributed by atoms with Gasteiger partial charge in [-0.15, -0.1) is 0 Å². The van der Waals surface area contributed by atoms with Crippen molar-refractivity contribution in [2.75, 3.05) is 19.1 Å². The molecule has 3 N–H and O–H groups in total. The summed E-state index contributed by atoms with van der Waals surface area (Å²) in [5, 5.41) is 0. The van der Waals surface area contributed by atoms with Crippen molar-refractivity contribution < 1.29 is 27.1 Å². The highest BCUT2D eigenvalue weighted by atomic mass is 32.2. The van der Waals surface area contributed by atoms with Crippen molar-refractivity contribution in [2.24, 2.45) is 5.73 Å². The van der Waals surface area contributed by atoms with Crippen LogP contribution < -0.4 is 20.1 Å². The Bertz CT molecular complexity index is 1110. The minimum Gasteiger partial charge on any atom is -0.495 e. The van der Waals surface area contributed by atoms with Crippen molar-refractivity contribution in [3.63, 3.8) is 0 Å². The molecule has 2 aromatic rings. The second-order valence-electron chi connectivity index (χ2n) is 7.33. The first-order valence-electron chi connectivity index (χ1n) is 9.72. The molecular weight excluding hydrogens is 425 g/mol. The van der Waals surface area contributed by atoms with Crippen LogP contribution in [0.25, 0.3) is 0 Å². The summed E-state index contributed by atoms with van der Waals surface area (Å²) in [6, 6.07) is 7.45. The van der Waals surface area contributed by atoms with Gasteiger partial charge in [0.15, 0.2) is 0 Å². The molecule has 1 saturated carbocycles. The number of hydrogen-bond donors (Lipinski definition) is 2. The van der Waals surface area contributed by atoms with Crippen LogP contribution in [0.1, 0.15) is 46.4 Å². The van der Waals surface area contributed by atoms with Gasteiger partial charge in [0.1, 0.15) is 16.5 Å². The van der Waals surface area contributed by atoms with Crippen LogP contribution in [0.15, 0.2) is 41.3 Å². The maximum Gasteiger partial charge on any atom is 0.258 e. The van der Waals surface area contributed by atoms with E-state index in [9.17, 15) is 22.4 Å². The molecule has 0 saturated heterocycles. The van der Waals surface area contributed by atoms with E-state index in [2.05, 4.69) is 4.72 Å². The number of sulfonamides is 1. The van der Waals surface area contributed by atoms with Gasteiger partial charge in [-0.1, -0.05) is 18.9 Å². The largest absolute Gasteiger partial charge is 0.495 e. The van der Waals surface area contributed by atoms with Crippen molar-refractivity contribution in [2.45, 2.75) is 36.6 Å². The van der Waals surface area contributed by atoms with Crippen LogP contribution in [0, 0.1) is 5.82 Å². The van der Waals surface area contributed by atoms with Gasteiger partial charge >= 0.3 is 0 Å². The van der Waals surface area contributed by atoms with Gasteiger partial charge in [-0.05, 0) is 43.2 Å². The van der Waals surface area contributed by atoms with Gasteiger partial charge in [-0.2, -0.15) is 0 Å². The van der Waals surface area contributed by atoms with Gasteiger partial charge in [0.25, 0.3) is 11.8 Å². The lowest BCUT2D eigenvalue weighted by atomic mass is 10.1. The fraction of sp³-hybridized carbons (Fsp3) is 0.333. The van der Waals surface area contributed by atoms with E-state index in [4.69, 9.17) is 10.5 Å². The Morgan fingerprint density at radius 2 is 1.87 bits per heavy atom. The number of halogens is 1. The fourth-order valence-corrected chi connectivity index (χ4v) is 5.20.